The smallest absolute Gasteiger partial charge is 0.231 e. The second kappa shape index (κ2) is 3.54. The first kappa shape index (κ1) is 9.74. The fourth-order valence-corrected chi connectivity index (χ4v) is 2.19. The molecule has 2 aliphatic heterocycles. The van der Waals surface area contributed by atoms with Gasteiger partial charge < -0.3 is 24.6 Å². The van der Waals surface area contributed by atoms with E-state index in [1.165, 1.54) is 0 Å². The lowest BCUT2D eigenvalue weighted by molar-refractivity contribution is 0.160. The first-order valence-corrected chi connectivity index (χ1v) is 5.19. The number of methoxy groups -OCH3 is 1. The maximum atomic E-state index is 9.90. The quantitative estimate of drug-likeness (QED) is 0.728. The fourth-order valence-electron chi connectivity index (χ4n) is 2.19. The molecule has 0 saturated carbocycles. The first-order valence-electron chi connectivity index (χ1n) is 5.19. The van der Waals surface area contributed by atoms with Crippen LogP contribution in [0, 0.1) is 0 Å². The van der Waals surface area contributed by atoms with Crippen LogP contribution in [-0.2, 0) is 6.54 Å². The zero-order valence-electron chi connectivity index (χ0n) is 8.95. The van der Waals surface area contributed by atoms with Gasteiger partial charge in [0.25, 0.3) is 0 Å². The molecule has 1 unspecified atom stereocenters. The summed E-state index contributed by atoms with van der Waals surface area (Å²) in [6, 6.07) is 1.83. The minimum absolute atomic E-state index is 0.207. The van der Waals surface area contributed by atoms with E-state index in [1.54, 1.807) is 7.11 Å². The highest BCUT2D eigenvalue weighted by Crippen LogP contribution is 2.47. The van der Waals surface area contributed by atoms with E-state index in [0.717, 1.165) is 11.1 Å². The number of ether oxygens (including phenoxy) is 3. The molecular formula is C11H13NO4. The molecule has 0 saturated heterocycles. The van der Waals surface area contributed by atoms with Crippen molar-refractivity contribution in [1.82, 2.24) is 5.32 Å². The van der Waals surface area contributed by atoms with Crippen molar-refractivity contribution in [3.8, 4) is 17.2 Å². The molecule has 0 aromatic heterocycles. The third-order valence-corrected chi connectivity index (χ3v) is 2.96. The second-order valence-electron chi connectivity index (χ2n) is 3.86. The maximum absolute atomic E-state index is 9.90. The van der Waals surface area contributed by atoms with Crippen molar-refractivity contribution >= 4 is 0 Å². The van der Waals surface area contributed by atoms with Crippen LogP contribution in [0.2, 0.25) is 0 Å². The number of benzene rings is 1. The summed E-state index contributed by atoms with van der Waals surface area (Å²) in [6.45, 7) is 1.44. The van der Waals surface area contributed by atoms with E-state index in [-0.39, 0.29) is 6.79 Å². The van der Waals surface area contributed by atoms with Gasteiger partial charge in [-0.05, 0) is 11.6 Å². The summed E-state index contributed by atoms with van der Waals surface area (Å²) in [7, 11) is 1.58. The summed E-state index contributed by atoms with van der Waals surface area (Å²) in [4.78, 5) is 0. The molecule has 0 radical (unpaired) electrons. The van der Waals surface area contributed by atoms with Gasteiger partial charge in [0.2, 0.25) is 12.5 Å². The molecule has 5 heteroatoms. The Morgan fingerprint density at radius 2 is 2.25 bits per heavy atom. The summed E-state index contributed by atoms with van der Waals surface area (Å²) < 4.78 is 16.0. The van der Waals surface area contributed by atoms with Crippen molar-refractivity contribution < 1.29 is 19.3 Å². The molecule has 2 heterocycles. The van der Waals surface area contributed by atoms with Crippen LogP contribution in [0.1, 0.15) is 17.2 Å². The van der Waals surface area contributed by atoms with Crippen molar-refractivity contribution in [2.24, 2.45) is 0 Å². The van der Waals surface area contributed by atoms with E-state index in [0.29, 0.717) is 30.3 Å². The standard InChI is InChI=1S/C11H13NO4/c1-14-9-2-6-7(3-12-4-8(6)13)10-11(9)16-5-15-10/h2,8,12-13H,3-5H2,1H3. The predicted molar refractivity (Wildman–Crippen MR) is 55.8 cm³/mol. The van der Waals surface area contributed by atoms with Crippen LogP contribution in [0.3, 0.4) is 0 Å². The van der Waals surface area contributed by atoms with Gasteiger partial charge in [-0.25, -0.2) is 0 Å². The third kappa shape index (κ3) is 1.25. The molecule has 86 valence electrons. The van der Waals surface area contributed by atoms with Crippen LogP contribution >= 0.6 is 0 Å². The Bertz CT molecular complexity index is 432. The maximum Gasteiger partial charge on any atom is 0.231 e. The van der Waals surface area contributed by atoms with Crippen molar-refractivity contribution in [2.45, 2.75) is 12.6 Å². The molecular weight excluding hydrogens is 210 g/mol. The lowest BCUT2D eigenvalue weighted by Crippen LogP contribution is -2.28. The van der Waals surface area contributed by atoms with Crippen molar-refractivity contribution in [3.63, 3.8) is 0 Å². The molecule has 1 aromatic rings. The highest BCUT2D eigenvalue weighted by atomic mass is 16.7. The van der Waals surface area contributed by atoms with Crippen LogP contribution in [0.4, 0.5) is 0 Å². The van der Waals surface area contributed by atoms with E-state index in [1.807, 2.05) is 6.07 Å². The van der Waals surface area contributed by atoms with Gasteiger partial charge in [-0.3, -0.25) is 0 Å². The second-order valence-corrected chi connectivity index (χ2v) is 3.86. The molecule has 3 rings (SSSR count). The number of aliphatic hydroxyl groups is 1. The van der Waals surface area contributed by atoms with E-state index in [2.05, 4.69) is 5.32 Å². The molecule has 0 aliphatic carbocycles. The molecule has 0 amide bonds. The third-order valence-electron chi connectivity index (χ3n) is 2.96. The number of rotatable bonds is 1. The summed E-state index contributed by atoms with van der Waals surface area (Å²) in [6.07, 6.45) is -0.521. The van der Waals surface area contributed by atoms with Gasteiger partial charge in [0.05, 0.1) is 13.2 Å². The minimum atomic E-state index is -0.521. The van der Waals surface area contributed by atoms with Crippen LogP contribution < -0.4 is 19.5 Å². The zero-order chi connectivity index (χ0) is 11.1. The number of hydrogen-bond donors (Lipinski definition) is 2. The monoisotopic (exact) mass is 223 g/mol. The van der Waals surface area contributed by atoms with E-state index in [9.17, 15) is 5.11 Å². The Labute approximate surface area is 92.9 Å². The molecule has 0 bridgehead atoms. The molecule has 1 atom stereocenters. The summed E-state index contributed by atoms with van der Waals surface area (Å²) in [5, 5.41) is 13.0. The first-order chi connectivity index (χ1) is 7.81. The Morgan fingerprint density at radius 1 is 1.44 bits per heavy atom. The van der Waals surface area contributed by atoms with E-state index >= 15 is 0 Å². The van der Waals surface area contributed by atoms with Crippen LogP contribution in [0.25, 0.3) is 0 Å². The molecule has 0 spiro atoms. The summed E-state index contributed by atoms with van der Waals surface area (Å²) >= 11 is 0. The van der Waals surface area contributed by atoms with Crippen LogP contribution in [0.5, 0.6) is 17.2 Å². The highest BCUT2D eigenvalue weighted by molar-refractivity contribution is 5.61. The zero-order valence-corrected chi connectivity index (χ0v) is 8.95. The van der Waals surface area contributed by atoms with Crippen molar-refractivity contribution in [3.05, 3.63) is 17.2 Å². The summed E-state index contributed by atoms with van der Waals surface area (Å²) in [5.74, 6) is 1.95. The largest absolute Gasteiger partial charge is 0.493 e. The van der Waals surface area contributed by atoms with Gasteiger partial charge in [-0.15, -0.1) is 0 Å². The molecule has 16 heavy (non-hydrogen) atoms. The van der Waals surface area contributed by atoms with Crippen molar-refractivity contribution in [2.75, 3.05) is 20.4 Å². The molecule has 5 nitrogen and oxygen atoms in total. The van der Waals surface area contributed by atoms with E-state index in [4.69, 9.17) is 14.2 Å². The Kier molecular flexibility index (Phi) is 2.15. The fraction of sp³-hybridized carbons (Fsp3) is 0.455. The SMILES string of the molecule is COc1cc2c(c3c1OCO3)CNCC2O. The minimum Gasteiger partial charge on any atom is -0.493 e. The number of hydrogen-bond acceptors (Lipinski definition) is 5. The van der Waals surface area contributed by atoms with E-state index < -0.39 is 6.10 Å². The van der Waals surface area contributed by atoms with Gasteiger partial charge in [0.15, 0.2) is 11.5 Å². The number of aliphatic hydroxyl groups excluding tert-OH is 1. The topological polar surface area (TPSA) is 60.0 Å². The average Bonchev–Trinajstić information content (AvgIpc) is 2.78. The van der Waals surface area contributed by atoms with Gasteiger partial charge >= 0.3 is 0 Å². The number of nitrogens with one attached hydrogen (secondary N) is 1. The van der Waals surface area contributed by atoms with Crippen molar-refractivity contribution in [1.29, 1.82) is 0 Å². The molecule has 0 fully saturated rings. The number of β-amino-alcohol motifs (C(OH)–C–C–N with tert-alkyl or cyclic N) is 1. The predicted octanol–water partition coefficient (Wildman–Crippen LogP) is 0.560. The Hall–Kier alpha value is -1.46. The lowest BCUT2D eigenvalue weighted by atomic mass is 9.97. The summed E-state index contributed by atoms with van der Waals surface area (Å²) in [5.41, 5.74) is 1.83. The van der Waals surface area contributed by atoms with Gasteiger partial charge in [-0.2, -0.15) is 0 Å². The van der Waals surface area contributed by atoms with Gasteiger partial charge in [0, 0.05) is 18.7 Å². The average molecular weight is 223 g/mol. The Morgan fingerprint density at radius 3 is 3.06 bits per heavy atom. The lowest BCUT2D eigenvalue weighted by Gasteiger charge is -2.24. The Balaban J connectivity index is 2.21. The van der Waals surface area contributed by atoms with Crippen LogP contribution in [0.15, 0.2) is 6.07 Å². The molecule has 2 aliphatic rings. The molecule has 1 aromatic carbocycles. The highest BCUT2D eigenvalue weighted by Gasteiger charge is 2.30. The molecule has 2 N–H and O–H groups in total. The van der Waals surface area contributed by atoms with Gasteiger partial charge in [-0.1, -0.05) is 0 Å². The normalized spacial score (nSPS) is 21.8. The number of fused-ring (bicyclic) bond motifs is 3. The van der Waals surface area contributed by atoms with Gasteiger partial charge in [0.1, 0.15) is 0 Å². The van der Waals surface area contributed by atoms with Crippen LogP contribution in [-0.4, -0.2) is 25.6 Å².